The van der Waals surface area contributed by atoms with Gasteiger partial charge in [-0.15, -0.1) is 0 Å². The first-order chi connectivity index (χ1) is 16.7. The molecule has 0 amide bonds. The largest absolute Gasteiger partial charge is 0.309 e. The average molecular weight is 436 g/mol. The van der Waals surface area contributed by atoms with E-state index < -0.39 is 0 Å². The number of aryl methyl sites for hydroxylation is 2. The second kappa shape index (κ2) is 7.20. The van der Waals surface area contributed by atoms with E-state index in [1.54, 1.807) is 0 Å². The summed E-state index contributed by atoms with van der Waals surface area (Å²) in [6, 6.07) is 38.2. The molecule has 0 spiro atoms. The molecule has 0 bridgehead atoms. The maximum atomic E-state index is 2.42. The molecule has 0 fully saturated rings. The van der Waals surface area contributed by atoms with Crippen LogP contribution < -0.4 is 0 Å². The Morgan fingerprint density at radius 2 is 1.24 bits per heavy atom. The van der Waals surface area contributed by atoms with E-state index in [2.05, 4.69) is 122 Å². The Morgan fingerprint density at radius 3 is 2.12 bits per heavy atom. The van der Waals surface area contributed by atoms with E-state index in [4.69, 9.17) is 0 Å². The normalized spacial score (nSPS) is 12.3. The van der Waals surface area contributed by atoms with E-state index in [0.717, 1.165) is 6.42 Å². The van der Waals surface area contributed by atoms with Crippen molar-refractivity contribution in [3.8, 4) is 27.9 Å². The molecule has 0 atom stereocenters. The van der Waals surface area contributed by atoms with Crippen LogP contribution >= 0.6 is 0 Å². The van der Waals surface area contributed by atoms with Gasteiger partial charge in [0.25, 0.3) is 0 Å². The van der Waals surface area contributed by atoms with Crippen molar-refractivity contribution in [2.45, 2.75) is 20.3 Å². The molecule has 1 aliphatic rings. The van der Waals surface area contributed by atoms with Crippen molar-refractivity contribution in [3.05, 3.63) is 125 Å². The van der Waals surface area contributed by atoms with Gasteiger partial charge in [-0.25, -0.2) is 0 Å². The highest BCUT2D eigenvalue weighted by Crippen LogP contribution is 2.40. The van der Waals surface area contributed by atoms with Crippen molar-refractivity contribution in [1.29, 1.82) is 0 Å². The average Bonchev–Trinajstić information content (AvgIpc) is 3.39. The van der Waals surface area contributed by atoms with Gasteiger partial charge in [-0.05, 0) is 95.6 Å². The van der Waals surface area contributed by atoms with Crippen LogP contribution in [0.15, 0.2) is 103 Å². The first-order valence-corrected chi connectivity index (χ1v) is 12.0. The van der Waals surface area contributed by atoms with Crippen LogP contribution in [0.2, 0.25) is 0 Å². The molecule has 0 saturated carbocycles. The fourth-order valence-electron chi connectivity index (χ4n) is 5.69. The van der Waals surface area contributed by atoms with Gasteiger partial charge < -0.3 is 4.57 Å². The van der Waals surface area contributed by atoms with E-state index in [-0.39, 0.29) is 0 Å². The number of fused-ring (bicyclic) bond motifs is 6. The van der Waals surface area contributed by atoms with Gasteiger partial charge in [-0.3, -0.25) is 0 Å². The molecule has 162 valence electrons. The third-order valence-electron chi connectivity index (χ3n) is 7.41. The van der Waals surface area contributed by atoms with Gasteiger partial charge >= 0.3 is 0 Å². The number of rotatable bonds is 2. The molecule has 6 aromatic rings. The zero-order valence-corrected chi connectivity index (χ0v) is 19.5. The first kappa shape index (κ1) is 19.4. The summed E-state index contributed by atoms with van der Waals surface area (Å²) in [4.78, 5) is 0. The van der Waals surface area contributed by atoms with Crippen LogP contribution in [-0.4, -0.2) is 4.57 Å². The SMILES string of the molecule is Cc1ccc2c(c1)c1cc(-c3ccc4c(c3)-c3ccccc3C4)ccc1n2-c1ccccc1C. The minimum atomic E-state index is 1.04. The maximum Gasteiger partial charge on any atom is 0.0541 e. The second-order valence-electron chi connectivity index (χ2n) is 9.58. The fraction of sp³-hybridized carbons (Fsp3) is 0.0909. The zero-order valence-electron chi connectivity index (χ0n) is 19.5. The van der Waals surface area contributed by atoms with E-state index in [9.17, 15) is 0 Å². The minimum Gasteiger partial charge on any atom is -0.309 e. The van der Waals surface area contributed by atoms with Gasteiger partial charge in [-0.2, -0.15) is 0 Å². The molecule has 1 nitrogen and oxygen atoms in total. The number of hydrogen-bond acceptors (Lipinski definition) is 0. The molecule has 0 radical (unpaired) electrons. The molecule has 7 rings (SSSR count). The lowest BCUT2D eigenvalue weighted by Crippen LogP contribution is -1.96. The summed E-state index contributed by atoms with van der Waals surface area (Å²) in [5.41, 5.74) is 14.5. The highest BCUT2D eigenvalue weighted by molar-refractivity contribution is 6.10. The molecule has 0 aliphatic heterocycles. The van der Waals surface area contributed by atoms with Crippen molar-refractivity contribution >= 4 is 21.8 Å². The standard InChI is InChI=1S/C33H25N/c1-21-11-15-32-29(17-21)30-20-24(14-16-33(30)34(32)31-10-6-3-7-22(31)2)23-12-13-26-18-25-8-4-5-9-27(25)28(26)19-23/h3-17,19-20H,18H2,1-2H3. The van der Waals surface area contributed by atoms with Crippen LogP contribution in [0.25, 0.3) is 49.7 Å². The highest BCUT2D eigenvalue weighted by atomic mass is 15.0. The van der Waals surface area contributed by atoms with Gasteiger partial charge in [0.2, 0.25) is 0 Å². The Labute approximate surface area is 199 Å². The van der Waals surface area contributed by atoms with E-state index in [1.165, 1.54) is 72.0 Å². The summed E-state index contributed by atoms with van der Waals surface area (Å²) in [7, 11) is 0. The predicted molar refractivity (Wildman–Crippen MR) is 144 cm³/mol. The van der Waals surface area contributed by atoms with Gasteiger partial charge in [-0.1, -0.05) is 72.3 Å². The molecule has 1 heterocycles. The van der Waals surface area contributed by atoms with Crippen LogP contribution in [-0.2, 0) is 6.42 Å². The number of hydrogen-bond donors (Lipinski definition) is 0. The third-order valence-corrected chi connectivity index (χ3v) is 7.41. The molecule has 0 unspecified atom stereocenters. The minimum absolute atomic E-state index is 1.04. The molecule has 1 aliphatic carbocycles. The van der Waals surface area contributed by atoms with Crippen molar-refractivity contribution < 1.29 is 0 Å². The quantitative estimate of drug-likeness (QED) is 0.256. The van der Waals surface area contributed by atoms with Crippen molar-refractivity contribution in [3.63, 3.8) is 0 Å². The summed E-state index contributed by atoms with van der Waals surface area (Å²) in [6.07, 6.45) is 1.04. The van der Waals surface area contributed by atoms with Gasteiger partial charge in [0.1, 0.15) is 0 Å². The molecule has 5 aromatic carbocycles. The smallest absolute Gasteiger partial charge is 0.0541 e. The molecular weight excluding hydrogens is 410 g/mol. The van der Waals surface area contributed by atoms with E-state index in [0.29, 0.717) is 0 Å². The fourth-order valence-corrected chi connectivity index (χ4v) is 5.69. The maximum absolute atomic E-state index is 2.42. The first-order valence-electron chi connectivity index (χ1n) is 12.0. The lowest BCUT2D eigenvalue weighted by Gasteiger charge is -2.11. The van der Waals surface area contributed by atoms with Crippen molar-refractivity contribution in [1.82, 2.24) is 4.57 Å². The molecule has 1 aromatic heterocycles. The van der Waals surface area contributed by atoms with Crippen LogP contribution in [0.1, 0.15) is 22.3 Å². The van der Waals surface area contributed by atoms with Crippen molar-refractivity contribution in [2.75, 3.05) is 0 Å². The van der Waals surface area contributed by atoms with E-state index >= 15 is 0 Å². The Hall–Kier alpha value is -4.10. The Balaban J connectivity index is 1.47. The molecule has 34 heavy (non-hydrogen) atoms. The zero-order chi connectivity index (χ0) is 22.8. The summed E-state index contributed by atoms with van der Waals surface area (Å²) >= 11 is 0. The summed E-state index contributed by atoms with van der Waals surface area (Å²) < 4.78 is 2.42. The second-order valence-corrected chi connectivity index (χ2v) is 9.58. The van der Waals surface area contributed by atoms with E-state index in [1.807, 2.05) is 0 Å². The number of aromatic nitrogens is 1. The topological polar surface area (TPSA) is 4.93 Å². The van der Waals surface area contributed by atoms with Gasteiger partial charge in [0, 0.05) is 16.5 Å². The summed E-state index contributed by atoms with van der Waals surface area (Å²) in [5.74, 6) is 0. The van der Waals surface area contributed by atoms with Crippen LogP contribution in [0, 0.1) is 13.8 Å². The summed E-state index contributed by atoms with van der Waals surface area (Å²) in [5, 5.41) is 2.62. The molecule has 0 N–H and O–H groups in total. The lowest BCUT2D eigenvalue weighted by molar-refractivity contribution is 1.15. The molecule has 1 heteroatoms. The Bertz CT molecular complexity index is 1750. The van der Waals surface area contributed by atoms with Gasteiger partial charge in [0.05, 0.1) is 11.0 Å². The Kier molecular flexibility index (Phi) is 4.10. The van der Waals surface area contributed by atoms with Crippen LogP contribution in [0.5, 0.6) is 0 Å². The predicted octanol–water partition coefficient (Wildman–Crippen LogP) is 8.64. The van der Waals surface area contributed by atoms with Gasteiger partial charge in [0.15, 0.2) is 0 Å². The van der Waals surface area contributed by atoms with Crippen LogP contribution in [0.3, 0.4) is 0 Å². The van der Waals surface area contributed by atoms with Crippen molar-refractivity contribution in [2.24, 2.45) is 0 Å². The molecule has 0 saturated heterocycles. The molecular formula is C33H25N. The number of nitrogens with zero attached hydrogens (tertiary/aromatic N) is 1. The number of para-hydroxylation sites is 1. The summed E-state index contributed by atoms with van der Waals surface area (Å²) in [6.45, 7) is 4.37. The monoisotopic (exact) mass is 435 g/mol. The third kappa shape index (κ3) is 2.80. The highest BCUT2D eigenvalue weighted by Gasteiger charge is 2.19. The number of benzene rings is 5. The van der Waals surface area contributed by atoms with Crippen LogP contribution in [0.4, 0.5) is 0 Å². The lowest BCUT2D eigenvalue weighted by atomic mass is 9.97. The Morgan fingerprint density at radius 1 is 0.559 bits per heavy atom.